The molecule has 5 rings (SSSR count). The molecule has 0 aliphatic carbocycles. The van der Waals surface area contributed by atoms with E-state index in [9.17, 15) is 0 Å². The van der Waals surface area contributed by atoms with Gasteiger partial charge in [0.2, 0.25) is 0 Å². The molecule has 0 saturated heterocycles. The van der Waals surface area contributed by atoms with E-state index in [-0.39, 0.29) is 0 Å². The van der Waals surface area contributed by atoms with Crippen LogP contribution in [-0.2, 0) is 6.54 Å². The molecule has 0 amide bonds. The second-order valence-corrected chi connectivity index (χ2v) is 9.22. The van der Waals surface area contributed by atoms with Gasteiger partial charge >= 0.3 is 0 Å². The summed E-state index contributed by atoms with van der Waals surface area (Å²) in [6, 6.07) is 46.6. The van der Waals surface area contributed by atoms with Crippen LogP contribution in [0.1, 0.15) is 22.3 Å². The van der Waals surface area contributed by atoms with Crippen LogP contribution < -0.4 is 9.91 Å². The van der Waals surface area contributed by atoms with Gasteiger partial charge in [-0.05, 0) is 79.1 Å². The minimum atomic E-state index is 0.702. The van der Waals surface area contributed by atoms with Gasteiger partial charge in [0, 0.05) is 17.1 Å². The fraction of sp³-hybridized carbons (Fsp3) is 0.0882. The lowest BCUT2D eigenvalue weighted by Gasteiger charge is -2.26. The summed E-state index contributed by atoms with van der Waals surface area (Å²) >= 11 is 0. The average Bonchev–Trinajstić information content (AvgIpc) is 2.94. The molecular formula is C34H31N3. The molecular weight excluding hydrogens is 450 g/mol. The third-order valence-electron chi connectivity index (χ3n) is 6.28. The molecule has 0 spiro atoms. The molecule has 37 heavy (non-hydrogen) atoms. The van der Waals surface area contributed by atoms with Crippen molar-refractivity contribution >= 4 is 29.0 Å². The Bertz CT molecular complexity index is 1440. The molecule has 0 aliphatic heterocycles. The number of anilines is 4. The molecule has 0 unspecified atom stereocenters. The monoisotopic (exact) mass is 481 g/mol. The van der Waals surface area contributed by atoms with E-state index in [2.05, 4.69) is 128 Å². The Balaban J connectivity index is 1.43. The first-order valence-corrected chi connectivity index (χ1v) is 12.6. The van der Waals surface area contributed by atoms with Crippen molar-refractivity contribution in [1.29, 1.82) is 0 Å². The van der Waals surface area contributed by atoms with Crippen LogP contribution in [0.4, 0.5) is 22.7 Å². The van der Waals surface area contributed by atoms with Crippen LogP contribution in [0.3, 0.4) is 0 Å². The Hall–Kier alpha value is -4.63. The SMILES string of the molecule is Cc1ccc(N(c2ccc(/C=N/N(Cc3ccccc3)c3ccccc3)cc2)c2cccc(C)c2)cc1. The first-order chi connectivity index (χ1) is 18.2. The summed E-state index contributed by atoms with van der Waals surface area (Å²) in [4.78, 5) is 2.29. The van der Waals surface area contributed by atoms with Crippen molar-refractivity contribution in [1.82, 2.24) is 0 Å². The standard InChI is InChI=1S/C34H31N3/c1-27-16-20-32(21-17-27)37(34-15-9-10-28(2)24-34)33-22-18-29(19-23-33)25-35-36(31-13-7-4-8-14-31)26-30-11-5-3-6-12-30/h3-25H,26H2,1-2H3/b35-25+. The normalized spacial score (nSPS) is 11.0. The van der Waals surface area contributed by atoms with Crippen LogP contribution in [-0.4, -0.2) is 6.21 Å². The Morgan fingerprint density at radius 2 is 1.14 bits per heavy atom. The number of nitrogens with zero attached hydrogens (tertiary/aromatic N) is 3. The van der Waals surface area contributed by atoms with Gasteiger partial charge in [0.1, 0.15) is 0 Å². The molecule has 0 fully saturated rings. The van der Waals surface area contributed by atoms with Crippen molar-refractivity contribution in [2.24, 2.45) is 5.10 Å². The largest absolute Gasteiger partial charge is 0.310 e. The van der Waals surface area contributed by atoms with Gasteiger partial charge in [-0.15, -0.1) is 0 Å². The van der Waals surface area contributed by atoms with Crippen molar-refractivity contribution < 1.29 is 0 Å². The average molecular weight is 482 g/mol. The predicted molar refractivity (Wildman–Crippen MR) is 157 cm³/mol. The second-order valence-electron chi connectivity index (χ2n) is 9.22. The first kappa shape index (κ1) is 24.1. The summed E-state index contributed by atoms with van der Waals surface area (Å²) in [5, 5.41) is 6.90. The minimum Gasteiger partial charge on any atom is -0.310 e. The van der Waals surface area contributed by atoms with E-state index in [0.717, 1.165) is 28.3 Å². The summed E-state index contributed by atoms with van der Waals surface area (Å²) in [6.45, 7) is 4.95. The van der Waals surface area contributed by atoms with E-state index >= 15 is 0 Å². The molecule has 0 N–H and O–H groups in total. The van der Waals surface area contributed by atoms with Gasteiger partial charge in [-0.1, -0.05) is 90.5 Å². The van der Waals surface area contributed by atoms with E-state index in [1.807, 2.05) is 35.5 Å². The van der Waals surface area contributed by atoms with E-state index in [1.165, 1.54) is 16.7 Å². The Kier molecular flexibility index (Phi) is 7.42. The van der Waals surface area contributed by atoms with Gasteiger partial charge < -0.3 is 4.90 Å². The molecule has 5 aromatic carbocycles. The molecule has 0 aromatic heterocycles. The third kappa shape index (κ3) is 6.14. The zero-order valence-corrected chi connectivity index (χ0v) is 21.3. The molecule has 182 valence electrons. The Morgan fingerprint density at radius 3 is 1.78 bits per heavy atom. The summed E-state index contributed by atoms with van der Waals surface area (Å²) in [5.41, 5.74) is 9.19. The van der Waals surface area contributed by atoms with Crippen LogP contribution in [0.2, 0.25) is 0 Å². The van der Waals surface area contributed by atoms with Crippen LogP contribution in [0, 0.1) is 13.8 Å². The maximum atomic E-state index is 4.87. The minimum absolute atomic E-state index is 0.702. The lowest BCUT2D eigenvalue weighted by atomic mass is 10.1. The van der Waals surface area contributed by atoms with Gasteiger partial charge in [-0.3, -0.25) is 5.01 Å². The molecule has 3 nitrogen and oxygen atoms in total. The van der Waals surface area contributed by atoms with Gasteiger partial charge in [0.25, 0.3) is 0 Å². The zero-order chi connectivity index (χ0) is 25.5. The van der Waals surface area contributed by atoms with Crippen molar-refractivity contribution in [3.05, 3.63) is 156 Å². The fourth-order valence-corrected chi connectivity index (χ4v) is 4.31. The highest BCUT2D eigenvalue weighted by Crippen LogP contribution is 2.35. The van der Waals surface area contributed by atoms with Crippen molar-refractivity contribution in [3.63, 3.8) is 0 Å². The number of hydrogen-bond donors (Lipinski definition) is 0. The maximum absolute atomic E-state index is 4.87. The summed E-state index contributed by atoms with van der Waals surface area (Å²) in [6.07, 6.45) is 1.93. The lowest BCUT2D eigenvalue weighted by molar-refractivity contribution is 0.858. The molecule has 0 saturated carbocycles. The van der Waals surface area contributed by atoms with Crippen LogP contribution in [0.15, 0.2) is 139 Å². The van der Waals surface area contributed by atoms with Crippen molar-refractivity contribution in [3.8, 4) is 0 Å². The molecule has 3 heteroatoms. The quantitative estimate of drug-likeness (QED) is 0.163. The van der Waals surface area contributed by atoms with Crippen molar-refractivity contribution in [2.75, 3.05) is 9.91 Å². The summed E-state index contributed by atoms with van der Waals surface area (Å²) < 4.78 is 0. The molecule has 0 bridgehead atoms. The second kappa shape index (κ2) is 11.4. The highest BCUT2D eigenvalue weighted by Gasteiger charge is 2.12. The van der Waals surface area contributed by atoms with Crippen LogP contribution >= 0.6 is 0 Å². The number of benzene rings is 5. The number of hydrazone groups is 1. The Labute approximate surface area is 220 Å². The lowest BCUT2D eigenvalue weighted by Crippen LogP contribution is -2.16. The molecule has 5 aromatic rings. The highest BCUT2D eigenvalue weighted by molar-refractivity contribution is 5.83. The van der Waals surface area contributed by atoms with E-state index in [1.54, 1.807) is 0 Å². The third-order valence-corrected chi connectivity index (χ3v) is 6.28. The van der Waals surface area contributed by atoms with E-state index in [0.29, 0.717) is 6.54 Å². The van der Waals surface area contributed by atoms with Crippen LogP contribution in [0.25, 0.3) is 0 Å². The van der Waals surface area contributed by atoms with Gasteiger partial charge in [0.15, 0.2) is 0 Å². The summed E-state index contributed by atoms with van der Waals surface area (Å²) in [5.74, 6) is 0. The molecule has 0 radical (unpaired) electrons. The number of hydrogen-bond acceptors (Lipinski definition) is 3. The number of rotatable bonds is 8. The topological polar surface area (TPSA) is 18.8 Å². The molecule has 0 aliphatic rings. The van der Waals surface area contributed by atoms with Gasteiger partial charge in [-0.2, -0.15) is 5.10 Å². The van der Waals surface area contributed by atoms with Crippen LogP contribution in [0.5, 0.6) is 0 Å². The van der Waals surface area contributed by atoms with Gasteiger partial charge in [0.05, 0.1) is 18.4 Å². The first-order valence-electron chi connectivity index (χ1n) is 12.6. The molecule has 0 atom stereocenters. The summed E-state index contributed by atoms with van der Waals surface area (Å²) in [7, 11) is 0. The van der Waals surface area contributed by atoms with Gasteiger partial charge in [-0.25, -0.2) is 0 Å². The number of para-hydroxylation sites is 1. The van der Waals surface area contributed by atoms with E-state index < -0.39 is 0 Å². The van der Waals surface area contributed by atoms with E-state index in [4.69, 9.17) is 5.10 Å². The fourth-order valence-electron chi connectivity index (χ4n) is 4.31. The maximum Gasteiger partial charge on any atom is 0.0666 e. The van der Waals surface area contributed by atoms with Crippen molar-refractivity contribution in [2.45, 2.75) is 20.4 Å². The molecule has 0 heterocycles. The Morgan fingerprint density at radius 1 is 0.541 bits per heavy atom. The zero-order valence-electron chi connectivity index (χ0n) is 21.3. The smallest absolute Gasteiger partial charge is 0.0666 e. The highest BCUT2D eigenvalue weighted by atomic mass is 15.4. The predicted octanol–water partition coefficient (Wildman–Crippen LogP) is 8.81. The number of aryl methyl sites for hydroxylation is 2.